The number of alkyl halides is 3. The van der Waals surface area contributed by atoms with Crippen LogP contribution in [0.1, 0.15) is 44.5 Å². The third-order valence-corrected chi connectivity index (χ3v) is 5.98. The van der Waals surface area contributed by atoms with Gasteiger partial charge in [-0.1, -0.05) is 92.1 Å². The Morgan fingerprint density at radius 3 is 1.94 bits per heavy atom. The Labute approximate surface area is 213 Å². The standard InChI is InChI=1S/C23H23Cl4N3O3/c1-11-7-13(3)17(14(4)8-11)19(24)28-33-22(31)30-20(29-32-21(30)23(25,26)27)18-15(5)9-12(2)10-16(18)6/h7-10,21H,1-6H3/t21-/m1/s1. The second-order valence-electron chi connectivity index (χ2n) is 8.07. The van der Waals surface area contributed by atoms with Gasteiger partial charge in [0.25, 0.3) is 6.23 Å². The third-order valence-electron chi connectivity index (χ3n) is 5.17. The molecule has 0 saturated heterocycles. The minimum Gasteiger partial charge on any atom is -0.363 e. The molecular weight excluding hydrogens is 508 g/mol. The minimum atomic E-state index is -2.01. The van der Waals surface area contributed by atoms with Crippen molar-refractivity contribution in [3.8, 4) is 0 Å². The molecule has 0 aromatic heterocycles. The van der Waals surface area contributed by atoms with Crippen molar-refractivity contribution in [2.45, 2.75) is 51.6 Å². The lowest BCUT2D eigenvalue weighted by Gasteiger charge is -2.27. The van der Waals surface area contributed by atoms with Crippen LogP contribution in [0.4, 0.5) is 4.79 Å². The molecule has 1 heterocycles. The number of halogens is 4. The molecule has 0 bridgehead atoms. The predicted octanol–water partition coefficient (Wildman–Crippen LogP) is 6.96. The SMILES string of the molecule is Cc1cc(C)c(C(Cl)=NOC(=O)N2C(c3c(C)cc(C)cc3C)=NO[C@@H]2C(Cl)(Cl)Cl)c(C)c1. The van der Waals surface area contributed by atoms with Crippen LogP contribution in [-0.4, -0.2) is 32.0 Å². The first kappa shape index (κ1) is 25.6. The van der Waals surface area contributed by atoms with E-state index in [0.29, 0.717) is 11.1 Å². The van der Waals surface area contributed by atoms with E-state index in [1.54, 1.807) is 0 Å². The molecule has 6 nitrogen and oxygen atoms in total. The van der Waals surface area contributed by atoms with Crippen molar-refractivity contribution in [1.29, 1.82) is 0 Å². The number of rotatable bonds is 3. The van der Waals surface area contributed by atoms with E-state index in [9.17, 15) is 4.79 Å². The monoisotopic (exact) mass is 529 g/mol. The summed E-state index contributed by atoms with van der Waals surface area (Å²) in [6, 6.07) is 7.83. The van der Waals surface area contributed by atoms with E-state index in [1.165, 1.54) is 0 Å². The second-order valence-corrected chi connectivity index (χ2v) is 10.8. The number of nitrogens with zero attached hydrogens (tertiary/aromatic N) is 3. The maximum Gasteiger partial charge on any atom is 0.445 e. The topological polar surface area (TPSA) is 63.5 Å². The number of benzene rings is 2. The van der Waals surface area contributed by atoms with Gasteiger partial charge in [0.2, 0.25) is 3.79 Å². The highest BCUT2D eigenvalue weighted by atomic mass is 35.6. The third kappa shape index (κ3) is 5.40. The lowest BCUT2D eigenvalue weighted by molar-refractivity contribution is 0.0102. The summed E-state index contributed by atoms with van der Waals surface area (Å²) in [5.74, 6) is 0.153. The van der Waals surface area contributed by atoms with Crippen molar-refractivity contribution in [2.24, 2.45) is 10.3 Å². The van der Waals surface area contributed by atoms with Crippen molar-refractivity contribution in [1.82, 2.24) is 4.90 Å². The fourth-order valence-electron chi connectivity index (χ4n) is 4.06. The smallest absolute Gasteiger partial charge is 0.363 e. The van der Waals surface area contributed by atoms with Gasteiger partial charge in [-0.2, -0.15) is 0 Å². The Kier molecular flexibility index (Phi) is 7.54. The summed E-state index contributed by atoms with van der Waals surface area (Å²) in [7, 11) is 0. The fraction of sp³-hybridized carbons (Fsp3) is 0.348. The molecule has 10 heteroatoms. The Morgan fingerprint density at radius 1 is 0.970 bits per heavy atom. The molecule has 3 rings (SSSR count). The number of aryl methyl sites for hydroxylation is 6. The Hall–Kier alpha value is -1.99. The molecule has 33 heavy (non-hydrogen) atoms. The number of hydrogen-bond donors (Lipinski definition) is 0. The molecule has 2 aromatic carbocycles. The summed E-state index contributed by atoms with van der Waals surface area (Å²) in [4.78, 5) is 24.7. The first-order valence-electron chi connectivity index (χ1n) is 10.0. The van der Waals surface area contributed by atoms with Gasteiger partial charge >= 0.3 is 6.09 Å². The fourth-order valence-corrected chi connectivity index (χ4v) is 4.81. The summed E-state index contributed by atoms with van der Waals surface area (Å²) >= 11 is 24.6. The van der Waals surface area contributed by atoms with Crippen LogP contribution in [0.5, 0.6) is 0 Å². The predicted molar refractivity (Wildman–Crippen MR) is 134 cm³/mol. The highest BCUT2D eigenvalue weighted by Gasteiger charge is 2.50. The summed E-state index contributed by atoms with van der Waals surface area (Å²) in [5, 5.41) is 7.90. The lowest BCUT2D eigenvalue weighted by atomic mass is 9.98. The van der Waals surface area contributed by atoms with Crippen molar-refractivity contribution < 1.29 is 14.5 Å². The van der Waals surface area contributed by atoms with Crippen molar-refractivity contribution >= 4 is 63.5 Å². The summed E-state index contributed by atoms with van der Waals surface area (Å²) in [6.45, 7) is 11.5. The summed E-state index contributed by atoms with van der Waals surface area (Å²) < 4.78 is -2.01. The Morgan fingerprint density at radius 2 is 1.45 bits per heavy atom. The van der Waals surface area contributed by atoms with E-state index in [4.69, 9.17) is 56.1 Å². The molecule has 1 aliphatic heterocycles. The number of hydrogen-bond acceptors (Lipinski definition) is 5. The molecule has 176 valence electrons. The van der Waals surface area contributed by atoms with E-state index in [2.05, 4.69) is 10.3 Å². The maximum absolute atomic E-state index is 13.1. The van der Waals surface area contributed by atoms with Crippen LogP contribution in [0.25, 0.3) is 0 Å². The van der Waals surface area contributed by atoms with E-state index in [-0.39, 0.29) is 11.0 Å². The zero-order chi connectivity index (χ0) is 24.7. The zero-order valence-corrected chi connectivity index (χ0v) is 22.0. The first-order valence-corrected chi connectivity index (χ1v) is 11.5. The maximum atomic E-state index is 13.1. The molecule has 0 fully saturated rings. The molecule has 0 spiro atoms. The summed E-state index contributed by atoms with van der Waals surface area (Å²) in [6.07, 6.45) is -2.32. The minimum absolute atomic E-state index is 0.0186. The van der Waals surface area contributed by atoms with E-state index in [1.807, 2.05) is 65.8 Å². The van der Waals surface area contributed by atoms with Crippen LogP contribution in [0.2, 0.25) is 0 Å². The van der Waals surface area contributed by atoms with Crippen LogP contribution in [0.15, 0.2) is 34.6 Å². The zero-order valence-electron chi connectivity index (χ0n) is 19.0. The first-order chi connectivity index (χ1) is 15.3. The van der Waals surface area contributed by atoms with E-state index in [0.717, 1.165) is 38.3 Å². The van der Waals surface area contributed by atoms with Gasteiger partial charge < -0.3 is 4.84 Å². The number of amides is 1. The van der Waals surface area contributed by atoms with Crippen molar-refractivity contribution in [2.75, 3.05) is 0 Å². The molecule has 0 N–H and O–H groups in total. The quantitative estimate of drug-likeness (QED) is 0.186. The highest BCUT2D eigenvalue weighted by molar-refractivity contribution is 6.70. The van der Waals surface area contributed by atoms with Crippen LogP contribution in [-0.2, 0) is 9.68 Å². The number of oxime groups is 2. The largest absolute Gasteiger partial charge is 0.445 e. The van der Waals surface area contributed by atoms with Crippen LogP contribution in [0.3, 0.4) is 0 Å². The van der Waals surface area contributed by atoms with Gasteiger partial charge in [0.1, 0.15) is 0 Å². The Balaban J connectivity index is 1.97. The van der Waals surface area contributed by atoms with Crippen LogP contribution < -0.4 is 0 Å². The normalized spacial score (nSPS) is 16.5. The van der Waals surface area contributed by atoms with Gasteiger partial charge in [0, 0.05) is 11.1 Å². The molecule has 0 saturated carbocycles. The second kappa shape index (κ2) is 9.71. The van der Waals surface area contributed by atoms with Crippen LogP contribution in [0, 0.1) is 41.5 Å². The van der Waals surface area contributed by atoms with Crippen molar-refractivity contribution in [3.63, 3.8) is 0 Å². The van der Waals surface area contributed by atoms with Crippen molar-refractivity contribution in [3.05, 3.63) is 68.8 Å². The summed E-state index contributed by atoms with van der Waals surface area (Å²) in [5.41, 5.74) is 7.00. The molecule has 0 radical (unpaired) electrons. The van der Waals surface area contributed by atoms with Gasteiger partial charge in [-0.05, 0) is 63.8 Å². The molecule has 1 amide bonds. The Bertz CT molecular complexity index is 1130. The van der Waals surface area contributed by atoms with Gasteiger partial charge in [-0.3, -0.25) is 4.84 Å². The van der Waals surface area contributed by atoms with E-state index < -0.39 is 16.1 Å². The average Bonchev–Trinajstić information content (AvgIpc) is 3.09. The van der Waals surface area contributed by atoms with Gasteiger partial charge in [-0.25, -0.2) is 9.69 Å². The number of carbonyl (C=O) groups excluding carboxylic acids is 1. The van der Waals surface area contributed by atoms with Crippen LogP contribution >= 0.6 is 46.4 Å². The number of carbonyl (C=O) groups is 1. The highest BCUT2D eigenvalue weighted by Crippen LogP contribution is 2.39. The van der Waals surface area contributed by atoms with Gasteiger partial charge in [0.15, 0.2) is 11.0 Å². The van der Waals surface area contributed by atoms with E-state index >= 15 is 0 Å². The molecule has 1 aliphatic rings. The molecule has 1 atom stereocenters. The number of amidine groups is 1. The van der Waals surface area contributed by atoms with Gasteiger partial charge in [-0.15, -0.1) is 0 Å². The molecular formula is C23H23Cl4N3O3. The lowest BCUT2D eigenvalue weighted by Crippen LogP contribution is -2.48. The molecule has 2 aromatic rings. The molecule has 0 unspecified atom stereocenters. The van der Waals surface area contributed by atoms with Gasteiger partial charge in [0.05, 0.1) is 0 Å². The average molecular weight is 531 g/mol. The molecule has 0 aliphatic carbocycles.